The smallest absolute Gasteiger partial charge is 0.146 e. The number of hydrogen-bond donors (Lipinski definition) is 2. The van der Waals surface area contributed by atoms with Crippen LogP contribution >= 0.6 is 0 Å². The van der Waals surface area contributed by atoms with Crippen LogP contribution in [0.15, 0.2) is 60.0 Å². The summed E-state index contributed by atoms with van der Waals surface area (Å²) in [5, 5.41) is 15.4. The van der Waals surface area contributed by atoms with E-state index in [4.69, 9.17) is 0 Å². The number of nitrogens with zero attached hydrogens (tertiary/aromatic N) is 3. The number of phenols is 1. The Morgan fingerprint density at radius 2 is 2.05 bits per heavy atom. The number of phenolic OH excluding ortho intramolecular Hbond substituents is 1. The molecule has 3 aromatic rings. The van der Waals surface area contributed by atoms with Crippen LogP contribution in [0.1, 0.15) is 5.69 Å². The number of hydrogen-bond acceptors (Lipinski definition) is 5. The maximum atomic E-state index is 9.69. The lowest BCUT2D eigenvalue weighted by Gasteiger charge is -2.01. The van der Waals surface area contributed by atoms with Gasteiger partial charge in [0.1, 0.15) is 11.6 Å². The van der Waals surface area contributed by atoms with Gasteiger partial charge >= 0.3 is 0 Å². The fourth-order valence-corrected chi connectivity index (χ4v) is 1.84. The minimum absolute atomic E-state index is 0.227. The Kier molecular flexibility index (Phi) is 3.24. The van der Waals surface area contributed by atoms with Crippen LogP contribution in [0.2, 0.25) is 0 Å². The van der Waals surface area contributed by atoms with E-state index >= 15 is 0 Å². The number of nitrogens with one attached hydrogen (secondary N) is 1. The van der Waals surface area contributed by atoms with Gasteiger partial charge in [-0.2, -0.15) is 5.10 Å². The van der Waals surface area contributed by atoms with E-state index in [0.717, 1.165) is 10.8 Å². The largest absolute Gasteiger partial charge is 0.507 e. The molecule has 5 nitrogen and oxygen atoms in total. The van der Waals surface area contributed by atoms with Gasteiger partial charge < -0.3 is 5.11 Å². The third kappa shape index (κ3) is 2.56. The van der Waals surface area contributed by atoms with E-state index in [1.54, 1.807) is 30.7 Å². The van der Waals surface area contributed by atoms with Crippen molar-refractivity contribution >= 4 is 22.8 Å². The molecule has 2 aromatic heterocycles. The monoisotopic (exact) mass is 264 g/mol. The Labute approximate surface area is 115 Å². The zero-order valence-electron chi connectivity index (χ0n) is 10.6. The number of aromatic hydroxyl groups is 1. The second-order valence-corrected chi connectivity index (χ2v) is 4.19. The van der Waals surface area contributed by atoms with Gasteiger partial charge in [-0.1, -0.05) is 18.2 Å². The number of aromatic nitrogens is 2. The molecule has 0 aliphatic carbocycles. The van der Waals surface area contributed by atoms with E-state index in [-0.39, 0.29) is 5.75 Å². The molecule has 0 unspecified atom stereocenters. The summed E-state index contributed by atoms with van der Waals surface area (Å²) in [6.45, 7) is 0. The van der Waals surface area contributed by atoms with E-state index in [0.29, 0.717) is 11.5 Å². The van der Waals surface area contributed by atoms with Crippen molar-refractivity contribution in [2.75, 3.05) is 5.43 Å². The first-order valence-electron chi connectivity index (χ1n) is 6.11. The quantitative estimate of drug-likeness (QED) is 0.563. The topological polar surface area (TPSA) is 70.4 Å². The molecule has 0 fully saturated rings. The van der Waals surface area contributed by atoms with Crippen molar-refractivity contribution in [3.05, 3.63) is 60.6 Å². The van der Waals surface area contributed by atoms with Gasteiger partial charge in [-0.25, -0.2) is 4.98 Å². The third-order valence-corrected chi connectivity index (χ3v) is 2.80. The van der Waals surface area contributed by atoms with Crippen molar-refractivity contribution in [1.29, 1.82) is 0 Å². The molecule has 0 radical (unpaired) electrons. The molecule has 0 spiro atoms. The lowest BCUT2D eigenvalue weighted by Crippen LogP contribution is -1.94. The van der Waals surface area contributed by atoms with Crippen LogP contribution in [0.3, 0.4) is 0 Å². The number of fused-ring (bicyclic) bond motifs is 1. The maximum absolute atomic E-state index is 9.69. The Balaban J connectivity index is 1.81. The molecule has 5 heteroatoms. The van der Waals surface area contributed by atoms with Crippen LogP contribution in [-0.4, -0.2) is 21.3 Å². The molecule has 0 amide bonds. The molecule has 98 valence electrons. The third-order valence-electron chi connectivity index (χ3n) is 2.80. The molecular weight excluding hydrogens is 252 g/mol. The SMILES string of the molecule is Oc1cccc2cc(/C=N/Nc3ccccn3)ncc12. The van der Waals surface area contributed by atoms with Crippen LogP contribution in [0.25, 0.3) is 10.8 Å². The lowest BCUT2D eigenvalue weighted by atomic mass is 10.1. The van der Waals surface area contributed by atoms with Gasteiger partial charge in [-0.3, -0.25) is 10.4 Å². The molecular formula is C15H12N4O. The first-order valence-corrected chi connectivity index (χ1v) is 6.11. The van der Waals surface area contributed by atoms with Gasteiger partial charge in [0.15, 0.2) is 0 Å². The van der Waals surface area contributed by atoms with Gasteiger partial charge in [0.25, 0.3) is 0 Å². The first-order chi connectivity index (χ1) is 9.83. The molecule has 2 N–H and O–H groups in total. The normalized spacial score (nSPS) is 11.0. The number of rotatable bonds is 3. The first kappa shape index (κ1) is 12.1. The molecule has 0 atom stereocenters. The second-order valence-electron chi connectivity index (χ2n) is 4.19. The molecule has 2 heterocycles. The van der Waals surface area contributed by atoms with E-state index in [1.165, 1.54) is 0 Å². The number of benzene rings is 1. The zero-order chi connectivity index (χ0) is 13.8. The minimum atomic E-state index is 0.227. The fourth-order valence-electron chi connectivity index (χ4n) is 1.84. The Morgan fingerprint density at radius 3 is 2.90 bits per heavy atom. The summed E-state index contributed by atoms with van der Waals surface area (Å²) in [6, 6.07) is 12.8. The number of anilines is 1. The molecule has 3 rings (SSSR count). The highest BCUT2D eigenvalue weighted by atomic mass is 16.3. The lowest BCUT2D eigenvalue weighted by molar-refractivity contribution is 0.481. The molecule has 20 heavy (non-hydrogen) atoms. The van der Waals surface area contributed by atoms with E-state index in [1.807, 2.05) is 30.3 Å². The van der Waals surface area contributed by atoms with E-state index < -0.39 is 0 Å². The van der Waals surface area contributed by atoms with Crippen LogP contribution in [0.5, 0.6) is 5.75 Å². The van der Waals surface area contributed by atoms with Crippen LogP contribution in [0, 0.1) is 0 Å². The highest BCUT2D eigenvalue weighted by Crippen LogP contribution is 2.23. The Morgan fingerprint density at radius 1 is 1.10 bits per heavy atom. The van der Waals surface area contributed by atoms with Gasteiger partial charge in [-0.05, 0) is 29.7 Å². The van der Waals surface area contributed by atoms with Crippen LogP contribution < -0.4 is 5.43 Å². The van der Waals surface area contributed by atoms with Crippen molar-refractivity contribution in [3.8, 4) is 5.75 Å². The molecule has 0 aliphatic heterocycles. The Bertz CT molecular complexity index is 756. The average molecular weight is 264 g/mol. The summed E-state index contributed by atoms with van der Waals surface area (Å²) in [6.07, 6.45) is 4.93. The fraction of sp³-hybridized carbons (Fsp3) is 0. The van der Waals surface area contributed by atoms with Crippen molar-refractivity contribution in [2.24, 2.45) is 5.10 Å². The highest BCUT2D eigenvalue weighted by molar-refractivity contribution is 5.91. The van der Waals surface area contributed by atoms with Crippen molar-refractivity contribution < 1.29 is 5.11 Å². The highest BCUT2D eigenvalue weighted by Gasteiger charge is 2.00. The molecule has 1 aromatic carbocycles. The summed E-state index contributed by atoms with van der Waals surface area (Å²) in [4.78, 5) is 8.32. The van der Waals surface area contributed by atoms with E-state index in [9.17, 15) is 5.11 Å². The summed E-state index contributed by atoms with van der Waals surface area (Å²) in [7, 11) is 0. The van der Waals surface area contributed by atoms with Gasteiger partial charge in [0.05, 0.1) is 11.9 Å². The van der Waals surface area contributed by atoms with Gasteiger partial charge in [0, 0.05) is 17.8 Å². The average Bonchev–Trinajstić information content (AvgIpc) is 2.48. The van der Waals surface area contributed by atoms with E-state index in [2.05, 4.69) is 20.5 Å². The van der Waals surface area contributed by atoms with Gasteiger partial charge in [0.2, 0.25) is 0 Å². The molecule has 0 saturated heterocycles. The van der Waals surface area contributed by atoms with Crippen LogP contribution in [-0.2, 0) is 0 Å². The molecule has 0 bridgehead atoms. The minimum Gasteiger partial charge on any atom is -0.507 e. The van der Waals surface area contributed by atoms with Crippen molar-refractivity contribution in [3.63, 3.8) is 0 Å². The van der Waals surface area contributed by atoms with Crippen LogP contribution in [0.4, 0.5) is 5.82 Å². The number of pyridine rings is 2. The summed E-state index contributed by atoms with van der Waals surface area (Å²) in [5.74, 6) is 0.896. The standard InChI is InChI=1S/C15H12N4O/c20-14-5-3-4-11-8-12(17-10-13(11)14)9-18-19-15-6-1-2-7-16-15/h1-10,20H,(H,16,19)/b18-9+. The summed E-state index contributed by atoms with van der Waals surface area (Å²) >= 11 is 0. The zero-order valence-corrected chi connectivity index (χ0v) is 10.6. The summed E-state index contributed by atoms with van der Waals surface area (Å²) in [5.41, 5.74) is 3.52. The summed E-state index contributed by atoms with van der Waals surface area (Å²) < 4.78 is 0. The number of hydrazone groups is 1. The molecule has 0 saturated carbocycles. The predicted molar refractivity (Wildman–Crippen MR) is 78.9 cm³/mol. The maximum Gasteiger partial charge on any atom is 0.146 e. The molecule has 0 aliphatic rings. The van der Waals surface area contributed by atoms with Crippen molar-refractivity contribution in [1.82, 2.24) is 9.97 Å². The van der Waals surface area contributed by atoms with Crippen molar-refractivity contribution in [2.45, 2.75) is 0 Å². The van der Waals surface area contributed by atoms with Gasteiger partial charge in [-0.15, -0.1) is 0 Å². The predicted octanol–water partition coefficient (Wildman–Crippen LogP) is 2.78. The Hall–Kier alpha value is -2.95. The second kappa shape index (κ2) is 5.36.